The Bertz CT molecular complexity index is 862. The van der Waals surface area contributed by atoms with Crippen LogP contribution in [0.5, 0.6) is 0 Å². The molecule has 48 heavy (non-hydrogen) atoms. The van der Waals surface area contributed by atoms with Gasteiger partial charge in [0.2, 0.25) is 5.91 Å². The average Bonchev–Trinajstić information content (AvgIpc) is 3.02. The predicted octanol–water partition coefficient (Wildman–Crippen LogP) is 8.14. The lowest BCUT2D eigenvalue weighted by Gasteiger charge is -2.31. The predicted molar refractivity (Wildman–Crippen MR) is 198 cm³/mol. The molecule has 10 heteroatoms. The van der Waals surface area contributed by atoms with Crippen LogP contribution in [-0.4, -0.2) is 79.8 Å². The van der Waals surface area contributed by atoms with E-state index in [1.54, 1.807) is 0 Å². The number of rotatable bonds is 34. The first-order valence-corrected chi connectivity index (χ1v) is 20.7. The van der Waals surface area contributed by atoms with Gasteiger partial charge in [-0.05, 0) is 64.2 Å². The number of amides is 1. The molecule has 0 saturated carbocycles. The van der Waals surface area contributed by atoms with E-state index < -0.39 is 32.7 Å². The molecule has 9 nitrogen and oxygen atoms in total. The van der Waals surface area contributed by atoms with Gasteiger partial charge in [-0.25, -0.2) is 0 Å². The topological polar surface area (TPSA) is 128 Å². The van der Waals surface area contributed by atoms with E-state index in [1.165, 1.54) is 64.2 Å². The summed E-state index contributed by atoms with van der Waals surface area (Å²) in [7, 11) is 1.10. The van der Waals surface area contributed by atoms with Gasteiger partial charge < -0.3 is 34.0 Å². The number of unbranched alkanes of at least 4 members (excludes halogenated alkanes) is 16. The molecule has 0 heterocycles. The SMILES string of the molecule is CCCCC/C=C\CCCCCCCC(=O)NC(COP(=O)([O-])OCC[N+](C)(C)C)C(O)C(O)CCC/C=C/CCCCCCCCC. The van der Waals surface area contributed by atoms with E-state index >= 15 is 0 Å². The zero-order valence-corrected chi connectivity index (χ0v) is 32.4. The molecule has 4 atom stereocenters. The first kappa shape index (κ1) is 46.9. The highest BCUT2D eigenvalue weighted by Crippen LogP contribution is 2.38. The van der Waals surface area contributed by atoms with Gasteiger partial charge in [0.1, 0.15) is 19.3 Å². The monoisotopic (exact) mass is 703 g/mol. The lowest BCUT2D eigenvalue weighted by atomic mass is 10.0. The van der Waals surface area contributed by atoms with Crippen LogP contribution >= 0.6 is 7.82 Å². The van der Waals surface area contributed by atoms with E-state index in [2.05, 4.69) is 43.5 Å². The van der Waals surface area contributed by atoms with Gasteiger partial charge in [-0.2, -0.15) is 0 Å². The van der Waals surface area contributed by atoms with Crippen LogP contribution in [0, 0.1) is 0 Å². The van der Waals surface area contributed by atoms with Crippen molar-refractivity contribution in [3.63, 3.8) is 0 Å². The molecule has 0 aliphatic heterocycles. The molecule has 284 valence electrons. The first-order chi connectivity index (χ1) is 22.9. The molecule has 4 unspecified atom stereocenters. The average molecular weight is 703 g/mol. The van der Waals surface area contributed by atoms with Crippen molar-refractivity contribution in [1.82, 2.24) is 5.32 Å². The molecule has 3 N–H and O–H groups in total. The van der Waals surface area contributed by atoms with Gasteiger partial charge in [-0.15, -0.1) is 0 Å². The van der Waals surface area contributed by atoms with Crippen molar-refractivity contribution in [3.8, 4) is 0 Å². The molecule has 0 aromatic rings. The molecule has 0 aromatic carbocycles. The maximum absolute atomic E-state index is 12.8. The fraction of sp³-hybridized carbons (Fsp3) is 0.868. The number of carbonyl (C=O) groups excluding carboxylic acids is 1. The maximum atomic E-state index is 12.8. The van der Waals surface area contributed by atoms with E-state index in [0.29, 0.717) is 30.3 Å². The van der Waals surface area contributed by atoms with Gasteiger partial charge >= 0.3 is 0 Å². The first-order valence-electron chi connectivity index (χ1n) is 19.3. The largest absolute Gasteiger partial charge is 0.756 e. The minimum Gasteiger partial charge on any atom is -0.756 e. The summed E-state index contributed by atoms with van der Waals surface area (Å²) in [5.41, 5.74) is 0. The van der Waals surface area contributed by atoms with Crippen molar-refractivity contribution >= 4 is 13.7 Å². The fourth-order valence-corrected chi connectivity index (χ4v) is 6.03. The number of carbonyl (C=O) groups is 1. The summed E-state index contributed by atoms with van der Waals surface area (Å²) >= 11 is 0. The second kappa shape index (κ2) is 30.7. The van der Waals surface area contributed by atoms with Gasteiger partial charge in [0.25, 0.3) is 7.82 Å². The molecular weight excluding hydrogens is 627 g/mol. The Balaban J connectivity index is 4.69. The van der Waals surface area contributed by atoms with E-state index in [4.69, 9.17) is 9.05 Å². The van der Waals surface area contributed by atoms with Crippen LogP contribution in [0.3, 0.4) is 0 Å². The standard InChI is InChI=1S/C38H75N2O7P/c1-6-8-10-12-14-16-18-20-22-24-26-28-30-36(41)38(43)35(34-47-48(44,45)46-33-32-40(3,4)5)39-37(42)31-29-27-25-23-21-19-17-15-13-11-9-7-2/h15,17,22,24,35-36,38,41,43H,6-14,16,18-21,23,25-34H2,1-5H3,(H-,39,42,44,45)/b17-15-,24-22+. The number of hydrogen-bond acceptors (Lipinski definition) is 7. The van der Waals surface area contributed by atoms with Crippen molar-refractivity contribution in [2.45, 2.75) is 173 Å². The van der Waals surface area contributed by atoms with Gasteiger partial charge in [0, 0.05) is 6.42 Å². The zero-order chi connectivity index (χ0) is 35.9. The third kappa shape index (κ3) is 31.0. The molecule has 0 aromatic heterocycles. The number of likely N-dealkylation sites (N-methyl/N-ethyl adjacent to an activating group) is 1. The van der Waals surface area contributed by atoms with E-state index in [-0.39, 0.29) is 18.9 Å². The number of nitrogens with zero attached hydrogens (tertiary/aromatic N) is 1. The third-order valence-corrected chi connectivity index (χ3v) is 9.47. The highest BCUT2D eigenvalue weighted by Gasteiger charge is 2.29. The fourth-order valence-electron chi connectivity index (χ4n) is 5.30. The number of nitrogens with one attached hydrogen (secondary N) is 1. The molecule has 0 aliphatic carbocycles. The van der Waals surface area contributed by atoms with Crippen molar-refractivity contribution in [2.24, 2.45) is 0 Å². The number of allylic oxidation sites excluding steroid dienone is 4. The lowest BCUT2D eigenvalue weighted by molar-refractivity contribution is -0.870. The Hall–Kier alpha value is -1.06. The number of phosphoric ester groups is 1. The third-order valence-electron chi connectivity index (χ3n) is 8.50. The number of phosphoric acid groups is 1. The Morgan fingerprint density at radius 3 is 1.73 bits per heavy atom. The molecule has 0 fully saturated rings. The van der Waals surface area contributed by atoms with Crippen LogP contribution in [-0.2, 0) is 18.4 Å². The van der Waals surface area contributed by atoms with Crippen molar-refractivity contribution in [3.05, 3.63) is 24.3 Å². The van der Waals surface area contributed by atoms with Gasteiger partial charge in [-0.1, -0.05) is 109 Å². The quantitative estimate of drug-likeness (QED) is 0.0267. The number of quaternary nitrogens is 1. The molecule has 0 aliphatic rings. The number of hydrogen-bond donors (Lipinski definition) is 3. The second-order valence-corrected chi connectivity index (χ2v) is 15.8. The molecule has 1 amide bonds. The Labute approximate surface area is 295 Å². The molecule has 0 saturated heterocycles. The van der Waals surface area contributed by atoms with Crippen LogP contribution in [0.4, 0.5) is 0 Å². The summed E-state index contributed by atoms with van der Waals surface area (Å²) < 4.78 is 23.0. The van der Waals surface area contributed by atoms with Gasteiger partial charge in [0.05, 0.1) is 39.9 Å². The minimum atomic E-state index is -4.66. The molecule has 0 spiro atoms. The molecular formula is C38H75N2O7P. The summed E-state index contributed by atoms with van der Waals surface area (Å²) in [4.78, 5) is 25.2. The van der Waals surface area contributed by atoms with Gasteiger partial charge in [-0.3, -0.25) is 9.36 Å². The molecule has 0 rings (SSSR count). The Kier molecular flexibility index (Phi) is 30.1. The minimum absolute atomic E-state index is 0.0474. The highest BCUT2D eigenvalue weighted by molar-refractivity contribution is 7.45. The summed E-state index contributed by atoms with van der Waals surface area (Å²) in [6.07, 6.45) is 29.3. The van der Waals surface area contributed by atoms with E-state index in [9.17, 15) is 24.5 Å². The van der Waals surface area contributed by atoms with Gasteiger partial charge in [0.15, 0.2) is 0 Å². The summed E-state index contributed by atoms with van der Waals surface area (Å²) in [5.74, 6) is -0.301. The Morgan fingerprint density at radius 2 is 1.19 bits per heavy atom. The van der Waals surface area contributed by atoms with Crippen LogP contribution in [0.2, 0.25) is 0 Å². The highest BCUT2D eigenvalue weighted by atomic mass is 31.2. The van der Waals surface area contributed by atoms with Crippen LogP contribution in [0.1, 0.15) is 155 Å². The molecule has 0 radical (unpaired) electrons. The van der Waals surface area contributed by atoms with Crippen LogP contribution in [0.25, 0.3) is 0 Å². The van der Waals surface area contributed by atoms with Crippen LogP contribution < -0.4 is 10.2 Å². The maximum Gasteiger partial charge on any atom is 0.268 e. The van der Waals surface area contributed by atoms with Crippen molar-refractivity contribution in [1.29, 1.82) is 0 Å². The summed E-state index contributed by atoms with van der Waals surface area (Å²) in [6.45, 7) is 4.34. The number of aliphatic hydroxyl groups is 2. The van der Waals surface area contributed by atoms with E-state index in [1.807, 2.05) is 21.1 Å². The number of aliphatic hydroxyl groups excluding tert-OH is 2. The van der Waals surface area contributed by atoms with Crippen molar-refractivity contribution in [2.75, 3.05) is 40.9 Å². The smallest absolute Gasteiger partial charge is 0.268 e. The zero-order valence-electron chi connectivity index (χ0n) is 31.5. The molecule has 0 bridgehead atoms. The van der Waals surface area contributed by atoms with E-state index in [0.717, 1.165) is 51.4 Å². The second-order valence-electron chi connectivity index (χ2n) is 14.4. The summed E-state index contributed by atoms with van der Waals surface area (Å²) in [6, 6.07) is -1.09. The summed E-state index contributed by atoms with van der Waals surface area (Å²) in [5, 5.41) is 24.4. The van der Waals surface area contributed by atoms with Crippen LogP contribution in [0.15, 0.2) is 24.3 Å². The van der Waals surface area contributed by atoms with Crippen molar-refractivity contribution < 1.29 is 38.0 Å². The lowest BCUT2D eigenvalue weighted by Crippen LogP contribution is -2.51. The Morgan fingerprint density at radius 1 is 0.729 bits per heavy atom. The normalized spacial score (nSPS) is 15.6.